The van der Waals surface area contributed by atoms with Crippen molar-refractivity contribution in [3.8, 4) is 0 Å². The first kappa shape index (κ1) is 22.3. The predicted octanol–water partition coefficient (Wildman–Crippen LogP) is 2.54. The molecule has 9 heteroatoms. The van der Waals surface area contributed by atoms with Crippen LogP contribution in [0.1, 0.15) is 34.9 Å². The maximum atomic E-state index is 13.3. The molecule has 32 heavy (non-hydrogen) atoms. The number of benzene rings is 1. The molecule has 168 valence electrons. The number of carbonyl (C=O) groups is 2. The highest BCUT2D eigenvalue weighted by molar-refractivity contribution is 6.36. The molecule has 0 aliphatic carbocycles. The average Bonchev–Trinajstić information content (AvgIpc) is 3.21. The first-order chi connectivity index (χ1) is 15.5. The average molecular weight is 456 g/mol. The van der Waals surface area contributed by atoms with Crippen LogP contribution >= 0.6 is 11.6 Å². The van der Waals surface area contributed by atoms with Crippen molar-refractivity contribution in [1.29, 1.82) is 0 Å². The van der Waals surface area contributed by atoms with E-state index in [1.165, 1.54) is 0 Å². The fraction of sp³-hybridized carbons (Fsp3) is 0.348. The number of nitrogens with one attached hydrogen (secondary N) is 1. The Kier molecular flexibility index (Phi) is 6.74. The summed E-state index contributed by atoms with van der Waals surface area (Å²) in [5.74, 6) is -0.751. The second-order valence-electron chi connectivity index (χ2n) is 7.82. The Hall–Kier alpha value is -2.94. The van der Waals surface area contributed by atoms with E-state index in [1.54, 1.807) is 36.0 Å². The molecule has 2 atom stereocenters. The fourth-order valence-corrected chi connectivity index (χ4v) is 4.37. The van der Waals surface area contributed by atoms with Crippen LogP contribution in [0.15, 0.2) is 48.9 Å². The van der Waals surface area contributed by atoms with Gasteiger partial charge in [0.15, 0.2) is 0 Å². The summed E-state index contributed by atoms with van der Waals surface area (Å²) in [6.45, 7) is 4.94. The van der Waals surface area contributed by atoms with E-state index in [-0.39, 0.29) is 11.9 Å². The molecule has 3 heterocycles. The molecule has 2 amide bonds. The molecule has 4 rings (SSSR count). The molecule has 1 saturated heterocycles. The van der Waals surface area contributed by atoms with Crippen LogP contribution in [0, 0.1) is 0 Å². The molecule has 0 saturated carbocycles. The Morgan fingerprint density at radius 2 is 2.03 bits per heavy atom. The van der Waals surface area contributed by atoms with Crippen molar-refractivity contribution in [2.75, 3.05) is 32.8 Å². The molecule has 1 aliphatic rings. The third-order valence-electron chi connectivity index (χ3n) is 5.89. The number of aromatic nitrogens is 2. The minimum Gasteiger partial charge on any atom is -0.379 e. The number of hydrogen-bond acceptors (Lipinski definition) is 5. The van der Waals surface area contributed by atoms with E-state index >= 15 is 0 Å². The number of hydrogen-bond donors (Lipinski definition) is 2. The van der Waals surface area contributed by atoms with E-state index in [9.17, 15) is 9.59 Å². The number of halogens is 1. The largest absolute Gasteiger partial charge is 0.379 e. The van der Waals surface area contributed by atoms with Gasteiger partial charge in [0.05, 0.1) is 35.4 Å². The van der Waals surface area contributed by atoms with E-state index in [1.807, 2.05) is 24.4 Å². The lowest BCUT2D eigenvalue weighted by molar-refractivity contribution is -0.120. The number of carbonyl (C=O) groups excluding carboxylic acids is 2. The summed E-state index contributed by atoms with van der Waals surface area (Å²) in [4.78, 5) is 31.6. The van der Waals surface area contributed by atoms with Crippen LogP contribution in [0.4, 0.5) is 0 Å². The van der Waals surface area contributed by atoms with Crippen LogP contribution in [-0.4, -0.2) is 59.1 Å². The highest BCUT2D eigenvalue weighted by Gasteiger charge is 2.26. The van der Waals surface area contributed by atoms with Crippen molar-refractivity contribution in [1.82, 2.24) is 19.8 Å². The van der Waals surface area contributed by atoms with E-state index in [2.05, 4.69) is 15.2 Å². The summed E-state index contributed by atoms with van der Waals surface area (Å²) in [6.07, 6.45) is 5.20. The van der Waals surface area contributed by atoms with Gasteiger partial charge in [-0.3, -0.25) is 19.5 Å². The van der Waals surface area contributed by atoms with Crippen LogP contribution in [0.5, 0.6) is 0 Å². The van der Waals surface area contributed by atoms with Gasteiger partial charge in [0.1, 0.15) is 6.04 Å². The standard InChI is InChI=1S/C23H26ClN5O3/c1-15(22(25)30)29-14-17(21-18(24)5-2-6-19(21)29)23(31)27-13-20(16-4-3-7-26-12-16)28-8-10-32-11-9-28/h2-7,12,14-15,20H,8-11,13H2,1H3,(H2,25,30)(H,27,31). The Labute approximate surface area is 191 Å². The van der Waals surface area contributed by atoms with E-state index < -0.39 is 11.9 Å². The van der Waals surface area contributed by atoms with Crippen LogP contribution in [-0.2, 0) is 9.53 Å². The SMILES string of the molecule is CC(C(N)=O)n1cc(C(=O)NCC(c2cccnc2)N2CCOCC2)c2c(Cl)cccc21. The highest BCUT2D eigenvalue weighted by atomic mass is 35.5. The lowest BCUT2D eigenvalue weighted by Crippen LogP contribution is -2.43. The first-order valence-electron chi connectivity index (χ1n) is 10.6. The maximum Gasteiger partial charge on any atom is 0.253 e. The number of nitrogens with zero attached hydrogens (tertiary/aromatic N) is 3. The number of amides is 2. The molecule has 0 radical (unpaired) electrons. The molecule has 1 aromatic carbocycles. The smallest absolute Gasteiger partial charge is 0.253 e. The summed E-state index contributed by atoms with van der Waals surface area (Å²) >= 11 is 6.44. The monoisotopic (exact) mass is 455 g/mol. The van der Waals surface area contributed by atoms with Crippen LogP contribution in [0.3, 0.4) is 0 Å². The molecule has 2 aromatic heterocycles. The van der Waals surface area contributed by atoms with Crippen molar-refractivity contribution in [3.63, 3.8) is 0 Å². The first-order valence-corrected chi connectivity index (χ1v) is 10.9. The second kappa shape index (κ2) is 9.68. The van der Waals surface area contributed by atoms with Crippen molar-refractivity contribution in [2.45, 2.75) is 19.0 Å². The van der Waals surface area contributed by atoms with Crippen molar-refractivity contribution < 1.29 is 14.3 Å². The Balaban J connectivity index is 1.62. The van der Waals surface area contributed by atoms with Gasteiger partial charge in [-0.25, -0.2) is 0 Å². The zero-order chi connectivity index (χ0) is 22.7. The van der Waals surface area contributed by atoms with Crippen molar-refractivity contribution in [2.24, 2.45) is 5.73 Å². The molecule has 3 N–H and O–H groups in total. The quantitative estimate of drug-likeness (QED) is 0.570. The van der Waals surface area contributed by atoms with Gasteiger partial charge in [-0.1, -0.05) is 23.7 Å². The van der Waals surface area contributed by atoms with Crippen LogP contribution < -0.4 is 11.1 Å². The maximum absolute atomic E-state index is 13.3. The van der Waals surface area contributed by atoms with Gasteiger partial charge >= 0.3 is 0 Å². The molecular weight excluding hydrogens is 430 g/mol. The summed E-state index contributed by atoms with van der Waals surface area (Å²) in [6, 6.07) is 8.59. The van der Waals surface area contributed by atoms with E-state index in [4.69, 9.17) is 22.1 Å². The Bertz CT molecular complexity index is 1110. The molecule has 3 aromatic rings. The number of morpholine rings is 1. The highest BCUT2D eigenvalue weighted by Crippen LogP contribution is 2.31. The summed E-state index contributed by atoms with van der Waals surface area (Å²) in [5, 5.41) is 4.10. The topological polar surface area (TPSA) is 102 Å². The van der Waals surface area contributed by atoms with Gasteiger partial charge < -0.3 is 20.4 Å². The Morgan fingerprint density at radius 3 is 2.72 bits per heavy atom. The van der Waals surface area contributed by atoms with Crippen LogP contribution in [0.25, 0.3) is 10.9 Å². The zero-order valence-electron chi connectivity index (χ0n) is 17.8. The van der Waals surface area contributed by atoms with Gasteiger partial charge in [0.2, 0.25) is 5.91 Å². The lowest BCUT2D eigenvalue weighted by atomic mass is 10.1. The Morgan fingerprint density at radius 1 is 1.25 bits per heavy atom. The second-order valence-corrected chi connectivity index (χ2v) is 8.23. The van der Waals surface area contributed by atoms with Crippen molar-refractivity contribution in [3.05, 3.63) is 65.1 Å². The van der Waals surface area contributed by atoms with Gasteiger partial charge in [0, 0.05) is 43.6 Å². The number of rotatable bonds is 7. The number of pyridine rings is 1. The molecule has 0 bridgehead atoms. The lowest BCUT2D eigenvalue weighted by Gasteiger charge is -2.34. The normalized spacial score (nSPS) is 16.6. The fourth-order valence-electron chi connectivity index (χ4n) is 4.10. The van der Waals surface area contributed by atoms with E-state index in [0.29, 0.717) is 41.2 Å². The number of fused-ring (bicyclic) bond motifs is 1. The number of ether oxygens (including phenoxy) is 1. The number of nitrogens with two attached hydrogens (primary N) is 1. The molecule has 8 nitrogen and oxygen atoms in total. The van der Waals surface area contributed by atoms with Gasteiger partial charge in [-0.05, 0) is 30.7 Å². The van der Waals surface area contributed by atoms with E-state index in [0.717, 1.165) is 18.7 Å². The molecule has 2 unspecified atom stereocenters. The van der Waals surface area contributed by atoms with Crippen molar-refractivity contribution >= 4 is 34.3 Å². The predicted molar refractivity (Wildman–Crippen MR) is 123 cm³/mol. The number of primary amides is 1. The third-order valence-corrected chi connectivity index (χ3v) is 6.21. The van der Waals surface area contributed by atoms with Crippen LogP contribution in [0.2, 0.25) is 5.02 Å². The molecular formula is C23H26ClN5O3. The minimum atomic E-state index is -0.617. The molecule has 0 spiro atoms. The summed E-state index contributed by atoms with van der Waals surface area (Å²) in [5.41, 5.74) is 7.63. The summed E-state index contributed by atoms with van der Waals surface area (Å²) in [7, 11) is 0. The molecule has 1 aliphatic heterocycles. The third kappa shape index (κ3) is 4.48. The molecule has 1 fully saturated rings. The van der Waals surface area contributed by atoms with Gasteiger partial charge in [-0.2, -0.15) is 0 Å². The van der Waals surface area contributed by atoms with Gasteiger partial charge in [0.25, 0.3) is 5.91 Å². The van der Waals surface area contributed by atoms with Gasteiger partial charge in [-0.15, -0.1) is 0 Å². The minimum absolute atomic E-state index is 0.0371. The summed E-state index contributed by atoms with van der Waals surface area (Å²) < 4.78 is 7.18. The zero-order valence-corrected chi connectivity index (χ0v) is 18.6.